The number of amides is 1. The predicted molar refractivity (Wildman–Crippen MR) is 80.3 cm³/mol. The average Bonchev–Trinajstić information content (AvgIpc) is 3.05. The summed E-state index contributed by atoms with van der Waals surface area (Å²) in [4.78, 5) is 24.2. The van der Waals surface area contributed by atoms with E-state index < -0.39 is 17.6 Å². The van der Waals surface area contributed by atoms with Crippen LogP contribution in [0.15, 0.2) is 21.5 Å². The molecule has 1 saturated carbocycles. The van der Waals surface area contributed by atoms with E-state index in [1.165, 1.54) is 10.6 Å². The van der Waals surface area contributed by atoms with Gasteiger partial charge in [0, 0.05) is 23.1 Å². The van der Waals surface area contributed by atoms with Gasteiger partial charge in [0.25, 0.3) is 11.5 Å². The number of alkyl halides is 3. The molecular formula is C13H10BrF3N2O2S. The molecule has 1 amide bonds. The van der Waals surface area contributed by atoms with Crippen LogP contribution in [0.3, 0.4) is 0 Å². The van der Waals surface area contributed by atoms with Crippen LogP contribution in [0.1, 0.15) is 22.5 Å². The number of halogens is 4. The highest BCUT2D eigenvalue weighted by Gasteiger charge is 2.64. The molecule has 9 heteroatoms. The van der Waals surface area contributed by atoms with E-state index in [1.807, 2.05) is 0 Å². The fraction of sp³-hybridized carbons (Fsp3) is 0.385. The molecule has 1 N–H and O–H groups in total. The SMILES string of the molecule is Cn1cc(Br)c2cc(C(=O)NC3(C(F)(F)F)CC3)sc2c1=O. The van der Waals surface area contributed by atoms with Gasteiger partial charge in [0.05, 0.1) is 4.88 Å². The van der Waals surface area contributed by atoms with E-state index in [-0.39, 0.29) is 23.3 Å². The molecule has 0 atom stereocenters. The number of hydrogen-bond acceptors (Lipinski definition) is 3. The maximum absolute atomic E-state index is 12.9. The lowest BCUT2D eigenvalue weighted by atomic mass is 10.2. The summed E-state index contributed by atoms with van der Waals surface area (Å²) in [5, 5.41) is 2.58. The Kier molecular flexibility index (Phi) is 3.41. The molecule has 2 heterocycles. The summed E-state index contributed by atoms with van der Waals surface area (Å²) in [6.07, 6.45) is -3.13. The molecule has 0 spiro atoms. The quantitative estimate of drug-likeness (QED) is 0.850. The average molecular weight is 395 g/mol. The number of rotatable bonds is 2. The Balaban J connectivity index is 1.98. The number of aromatic nitrogens is 1. The number of hydrogen-bond donors (Lipinski definition) is 1. The van der Waals surface area contributed by atoms with Crippen molar-refractivity contribution < 1.29 is 18.0 Å². The van der Waals surface area contributed by atoms with Crippen molar-refractivity contribution in [3.8, 4) is 0 Å². The first-order valence-corrected chi connectivity index (χ1v) is 7.93. The van der Waals surface area contributed by atoms with Gasteiger partial charge in [-0.3, -0.25) is 9.59 Å². The van der Waals surface area contributed by atoms with Crippen LogP contribution in [-0.4, -0.2) is 22.2 Å². The van der Waals surface area contributed by atoms with Crippen LogP contribution in [0.5, 0.6) is 0 Å². The zero-order chi connectivity index (χ0) is 16.3. The molecule has 1 aliphatic rings. The molecule has 0 bridgehead atoms. The van der Waals surface area contributed by atoms with Gasteiger partial charge in [-0.05, 0) is 34.8 Å². The number of nitrogens with one attached hydrogen (secondary N) is 1. The van der Waals surface area contributed by atoms with Crippen molar-refractivity contribution in [2.75, 3.05) is 0 Å². The van der Waals surface area contributed by atoms with E-state index in [0.717, 1.165) is 11.3 Å². The third-order valence-corrected chi connectivity index (χ3v) is 5.43. The van der Waals surface area contributed by atoms with Crippen LogP contribution < -0.4 is 10.9 Å². The minimum absolute atomic E-state index is 0.0922. The third-order valence-electron chi connectivity index (χ3n) is 3.68. The summed E-state index contributed by atoms with van der Waals surface area (Å²) in [6, 6.07) is 1.44. The normalized spacial score (nSPS) is 16.8. The van der Waals surface area contributed by atoms with Crippen molar-refractivity contribution in [2.24, 2.45) is 7.05 Å². The van der Waals surface area contributed by atoms with Crippen molar-refractivity contribution in [3.63, 3.8) is 0 Å². The summed E-state index contributed by atoms with van der Waals surface area (Å²) < 4.78 is 40.9. The van der Waals surface area contributed by atoms with Gasteiger partial charge in [-0.25, -0.2) is 0 Å². The highest BCUT2D eigenvalue weighted by molar-refractivity contribution is 9.10. The lowest BCUT2D eigenvalue weighted by Gasteiger charge is -2.20. The summed E-state index contributed by atoms with van der Waals surface area (Å²) in [6.45, 7) is 0. The van der Waals surface area contributed by atoms with E-state index in [2.05, 4.69) is 21.2 Å². The number of nitrogens with zero attached hydrogens (tertiary/aromatic N) is 1. The van der Waals surface area contributed by atoms with Crippen LogP contribution >= 0.6 is 27.3 Å². The van der Waals surface area contributed by atoms with Crippen molar-refractivity contribution in [1.82, 2.24) is 9.88 Å². The number of fused-ring (bicyclic) bond motifs is 1. The molecule has 3 rings (SSSR count). The molecule has 2 aromatic rings. The Labute approximate surface area is 135 Å². The lowest BCUT2D eigenvalue weighted by molar-refractivity contribution is -0.163. The Bertz CT molecular complexity index is 836. The largest absolute Gasteiger partial charge is 0.411 e. The van der Waals surface area contributed by atoms with Crippen molar-refractivity contribution in [1.29, 1.82) is 0 Å². The Morgan fingerprint density at radius 2 is 2.09 bits per heavy atom. The highest BCUT2D eigenvalue weighted by Crippen LogP contribution is 2.49. The Morgan fingerprint density at radius 3 is 2.64 bits per heavy atom. The molecule has 118 valence electrons. The van der Waals surface area contributed by atoms with Gasteiger partial charge < -0.3 is 9.88 Å². The molecule has 22 heavy (non-hydrogen) atoms. The van der Waals surface area contributed by atoms with E-state index in [1.54, 1.807) is 13.2 Å². The predicted octanol–water partition coefficient (Wildman–Crippen LogP) is 3.19. The highest BCUT2D eigenvalue weighted by atomic mass is 79.9. The second kappa shape index (κ2) is 4.82. The zero-order valence-corrected chi connectivity index (χ0v) is 13.7. The van der Waals surface area contributed by atoms with Crippen molar-refractivity contribution in [3.05, 3.63) is 32.0 Å². The van der Waals surface area contributed by atoms with Gasteiger partial charge in [0.1, 0.15) is 10.2 Å². The van der Waals surface area contributed by atoms with Crippen LogP contribution in [0, 0.1) is 0 Å². The molecule has 0 unspecified atom stereocenters. The van der Waals surface area contributed by atoms with Gasteiger partial charge in [-0.1, -0.05) is 0 Å². The molecule has 0 aromatic carbocycles. The molecule has 0 aliphatic heterocycles. The van der Waals surface area contributed by atoms with Gasteiger partial charge in [-0.2, -0.15) is 13.2 Å². The summed E-state index contributed by atoms with van der Waals surface area (Å²) in [5.41, 5.74) is -2.40. The summed E-state index contributed by atoms with van der Waals surface area (Å²) in [5.74, 6) is -0.801. The number of aryl methyl sites for hydroxylation is 1. The first-order valence-electron chi connectivity index (χ1n) is 6.32. The van der Waals surface area contributed by atoms with E-state index >= 15 is 0 Å². The first kappa shape index (κ1) is 15.5. The van der Waals surface area contributed by atoms with E-state index in [9.17, 15) is 22.8 Å². The number of pyridine rings is 1. The van der Waals surface area contributed by atoms with Crippen molar-refractivity contribution in [2.45, 2.75) is 24.6 Å². The van der Waals surface area contributed by atoms with Crippen LogP contribution in [0.4, 0.5) is 13.2 Å². The second-order valence-corrected chi connectivity index (χ2v) is 7.19. The molecule has 4 nitrogen and oxygen atoms in total. The van der Waals surface area contributed by atoms with Crippen LogP contribution in [-0.2, 0) is 7.05 Å². The summed E-state index contributed by atoms with van der Waals surface area (Å²) >= 11 is 4.18. The molecule has 0 saturated heterocycles. The molecule has 0 radical (unpaired) electrons. The third kappa shape index (κ3) is 2.36. The number of carbonyl (C=O) groups is 1. The number of carbonyl (C=O) groups excluding carboxylic acids is 1. The summed E-state index contributed by atoms with van der Waals surface area (Å²) in [7, 11) is 1.56. The minimum atomic E-state index is -4.46. The zero-order valence-electron chi connectivity index (χ0n) is 11.3. The Hall–Kier alpha value is -1.35. The topological polar surface area (TPSA) is 51.1 Å². The fourth-order valence-corrected chi connectivity index (χ4v) is 3.98. The van der Waals surface area contributed by atoms with Crippen molar-refractivity contribution >= 4 is 43.3 Å². The fourth-order valence-electron chi connectivity index (χ4n) is 2.18. The molecule has 1 fully saturated rings. The second-order valence-electron chi connectivity index (χ2n) is 5.28. The van der Waals surface area contributed by atoms with E-state index in [4.69, 9.17) is 0 Å². The van der Waals surface area contributed by atoms with Crippen LogP contribution in [0.25, 0.3) is 10.1 Å². The van der Waals surface area contributed by atoms with E-state index in [0.29, 0.717) is 14.6 Å². The smallest absolute Gasteiger partial charge is 0.337 e. The maximum atomic E-state index is 12.9. The minimum Gasteiger partial charge on any atom is -0.337 e. The monoisotopic (exact) mass is 394 g/mol. The van der Waals surface area contributed by atoms with Crippen LogP contribution in [0.2, 0.25) is 0 Å². The standard InChI is InChI=1S/C13H10BrF3N2O2S/c1-19-5-7(14)6-4-8(22-9(6)11(19)21)10(20)18-12(2-3-12)13(15,16)17/h4-5H,2-3H2,1H3,(H,18,20). The lowest BCUT2D eigenvalue weighted by Crippen LogP contribution is -2.47. The van der Waals surface area contributed by atoms with Gasteiger partial charge >= 0.3 is 6.18 Å². The maximum Gasteiger partial charge on any atom is 0.411 e. The molecule has 2 aromatic heterocycles. The Morgan fingerprint density at radius 1 is 1.45 bits per heavy atom. The van der Waals surface area contributed by atoms with Gasteiger partial charge in [0.2, 0.25) is 0 Å². The molecular weight excluding hydrogens is 385 g/mol. The van der Waals surface area contributed by atoms with Gasteiger partial charge in [0.15, 0.2) is 0 Å². The number of thiophene rings is 1. The molecule has 1 aliphatic carbocycles. The van der Waals surface area contributed by atoms with Gasteiger partial charge in [-0.15, -0.1) is 11.3 Å². The first-order chi connectivity index (χ1) is 10.1.